The molecule has 3 aliphatic rings. The largest absolute Gasteiger partial charge is 0.486 e. The quantitative estimate of drug-likeness (QED) is 0.797. The van der Waals surface area contributed by atoms with Crippen LogP contribution in [0.3, 0.4) is 0 Å². The van der Waals surface area contributed by atoms with Gasteiger partial charge in [0.25, 0.3) is 5.91 Å². The second kappa shape index (κ2) is 8.66. The van der Waals surface area contributed by atoms with Crippen molar-refractivity contribution in [3.63, 3.8) is 0 Å². The van der Waals surface area contributed by atoms with E-state index in [2.05, 4.69) is 10.2 Å². The first-order valence-corrected chi connectivity index (χ1v) is 10.8. The summed E-state index contributed by atoms with van der Waals surface area (Å²) >= 11 is 0. The van der Waals surface area contributed by atoms with Crippen molar-refractivity contribution < 1.29 is 19.0 Å². The average Bonchev–Trinajstić information content (AvgIpc) is 3.12. The van der Waals surface area contributed by atoms with E-state index in [1.165, 1.54) is 13.0 Å². The summed E-state index contributed by atoms with van der Waals surface area (Å²) in [5.74, 6) is 1.97. The van der Waals surface area contributed by atoms with Gasteiger partial charge in [-0.25, -0.2) is 0 Å². The van der Waals surface area contributed by atoms with Crippen LogP contribution in [0.25, 0.3) is 0 Å². The van der Waals surface area contributed by atoms with Gasteiger partial charge in [0, 0.05) is 24.7 Å². The first-order valence-electron chi connectivity index (χ1n) is 10.8. The maximum Gasteiger partial charge on any atom is 0.251 e. The molecular weight excluding hydrogens is 380 g/mol. The Hall–Kier alpha value is -2.57. The molecule has 0 spiro atoms. The maximum atomic E-state index is 12.7. The lowest BCUT2D eigenvalue weighted by molar-refractivity contribution is 0.00268. The molecule has 158 valence electrons. The number of carbonyl (C=O) groups is 1. The summed E-state index contributed by atoms with van der Waals surface area (Å²) in [5.41, 5.74) is 1.75. The van der Waals surface area contributed by atoms with E-state index in [9.17, 15) is 4.79 Å². The van der Waals surface area contributed by atoms with Crippen LogP contribution in [0.4, 0.5) is 0 Å². The minimum Gasteiger partial charge on any atom is -0.486 e. The molecule has 1 unspecified atom stereocenters. The monoisotopic (exact) mass is 408 g/mol. The van der Waals surface area contributed by atoms with Crippen molar-refractivity contribution in [3.8, 4) is 11.5 Å². The van der Waals surface area contributed by atoms with Crippen molar-refractivity contribution in [3.05, 3.63) is 59.7 Å². The lowest BCUT2D eigenvalue weighted by atomic mass is 9.96. The van der Waals surface area contributed by atoms with E-state index < -0.39 is 0 Å². The maximum absolute atomic E-state index is 12.7. The van der Waals surface area contributed by atoms with E-state index >= 15 is 0 Å². The van der Waals surface area contributed by atoms with Crippen molar-refractivity contribution >= 4 is 5.91 Å². The van der Waals surface area contributed by atoms with Crippen LogP contribution in [-0.4, -0.2) is 55.8 Å². The molecule has 6 nitrogen and oxygen atoms in total. The summed E-state index contributed by atoms with van der Waals surface area (Å²) in [6.07, 6.45) is 2.18. The molecule has 2 fully saturated rings. The molecule has 0 saturated carbocycles. The summed E-state index contributed by atoms with van der Waals surface area (Å²) in [7, 11) is 0. The van der Waals surface area contributed by atoms with Gasteiger partial charge in [-0.05, 0) is 49.1 Å². The number of hydrogen-bond donors (Lipinski definition) is 1. The summed E-state index contributed by atoms with van der Waals surface area (Å²) in [5, 5.41) is 3.20. The summed E-state index contributed by atoms with van der Waals surface area (Å²) < 4.78 is 17.6. The van der Waals surface area contributed by atoms with E-state index in [1.54, 1.807) is 6.07 Å². The van der Waals surface area contributed by atoms with Gasteiger partial charge in [-0.2, -0.15) is 0 Å². The van der Waals surface area contributed by atoms with Crippen LogP contribution in [0.2, 0.25) is 0 Å². The first kappa shape index (κ1) is 19.4. The fourth-order valence-corrected chi connectivity index (χ4v) is 4.65. The van der Waals surface area contributed by atoms with E-state index in [4.69, 9.17) is 14.2 Å². The van der Waals surface area contributed by atoms with E-state index in [-0.39, 0.29) is 18.1 Å². The number of fused-ring (bicyclic) bond motifs is 3. The third kappa shape index (κ3) is 4.45. The molecule has 30 heavy (non-hydrogen) atoms. The van der Waals surface area contributed by atoms with Crippen LogP contribution in [0.5, 0.6) is 11.5 Å². The number of nitrogens with zero attached hydrogens (tertiary/aromatic N) is 1. The van der Waals surface area contributed by atoms with Gasteiger partial charge >= 0.3 is 0 Å². The standard InChI is InChI=1S/C24H28N2O4/c27-24(25-20-10-18-8-9-26(12-18)13-20)19-6-7-22-23(11-19)29-16-21(30-22)15-28-14-17-4-2-1-3-5-17/h1-7,11,18,20-21H,8-10,12-16H2,(H,25,27)/t18-,20+,21-/m0/s1. The molecule has 4 atom stereocenters. The topological polar surface area (TPSA) is 60.0 Å². The number of benzene rings is 2. The second-order valence-corrected chi connectivity index (χ2v) is 8.53. The Morgan fingerprint density at radius 1 is 1.13 bits per heavy atom. The molecule has 2 bridgehead atoms. The predicted octanol–water partition coefficient (Wildman–Crippen LogP) is 2.87. The number of carbonyl (C=O) groups excluding carboxylic acids is 1. The van der Waals surface area contributed by atoms with Gasteiger partial charge in [0.05, 0.1) is 13.2 Å². The molecule has 2 aromatic carbocycles. The lowest BCUT2D eigenvalue weighted by Gasteiger charge is -2.30. The number of piperidine rings is 1. The van der Waals surface area contributed by atoms with E-state index in [0.717, 1.165) is 31.0 Å². The highest BCUT2D eigenvalue weighted by Gasteiger charge is 2.33. The van der Waals surface area contributed by atoms with Crippen molar-refractivity contribution in [2.24, 2.45) is 5.92 Å². The lowest BCUT2D eigenvalue weighted by Crippen LogP contribution is -2.47. The Morgan fingerprint density at radius 3 is 2.90 bits per heavy atom. The van der Waals surface area contributed by atoms with Crippen LogP contribution in [0.1, 0.15) is 28.8 Å². The third-order valence-corrected chi connectivity index (χ3v) is 6.14. The predicted molar refractivity (Wildman–Crippen MR) is 113 cm³/mol. The highest BCUT2D eigenvalue weighted by Crippen LogP contribution is 2.33. The summed E-state index contributed by atoms with van der Waals surface area (Å²) in [4.78, 5) is 15.2. The van der Waals surface area contributed by atoms with E-state index in [1.807, 2.05) is 42.5 Å². The molecule has 0 radical (unpaired) electrons. The molecule has 1 N–H and O–H groups in total. The molecule has 0 aliphatic carbocycles. The molecule has 0 aromatic heterocycles. The van der Waals surface area contributed by atoms with Gasteiger partial charge in [0.2, 0.25) is 0 Å². The third-order valence-electron chi connectivity index (χ3n) is 6.14. The molecule has 3 aliphatic heterocycles. The molecule has 1 amide bonds. The molecule has 3 heterocycles. The van der Waals surface area contributed by atoms with Crippen LogP contribution in [-0.2, 0) is 11.3 Å². The number of rotatable bonds is 6. The van der Waals surface area contributed by atoms with Crippen molar-refractivity contribution in [2.75, 3.05) is 32.8 Å². The first-order chi connectivity index (χ1) is 14.7. The molecule has 5 rings (SSSR count). The number of ether oxygens (including phenoxy) is 3. The zero-order valence-electron chi connectivity index (χ0n) is 17.1. The van der Waals surface area contributed by atoms with Gasteiger partial charge in [0.1, 0.15) is 6.61 Å². The highest BCUT2D eigenvalue weighted by atomic mass is 16.6. The van der Waals surface area contributed by atoms with Crippen LogP contribution in [0, 0.1) is 5.92 Å². The van der Waals surface area contributed by atoms with Crippen LogP contribution < -0.4 is 14.8 Å². The van der Waals surface area contributed by atoms with Crippen molar-refractivity contribution in [1.29, 1.82) is 0 Å². The molecular formula is C24H28N2O4. The van der Waals surface area contributed by atoms with Gasteiger partial charge in [0.15, 0.2) is 17.6 Å². The minimum atomic E-state index is -0.160. The van der Waals surface area contributed by atoms with Gasteiger partial charge < -0.3 is 24.4 Å². The van der Waals surface area contributed by atoms with Gasteiger partial charge in [-0.3, -0.25) is 4.79 Å². The zero-order chi connectivity index (χ0) is 20.3. The average molecular weight is 408 g/mol. The Morgan fingerprint density at radius 2 is 2.03 bits per heavy atom. The Labute approximate surface area is 177 Å². The SMILES string of the molecule is O=C(N[C@@H]1C[C@@H]2CCN(C2)C1)c1ccc2c(c1)OC[C@H](COCc1ccccc1)O2. The van der Waals surface area contributed by atoms with Crippen LogP contribution >= 0.6 is 0 Å². The summed E-state index contributed by atoms with van der Waals surface area (Å²) in [6, 6.07) is 15.7. The zero-order valence-corrected chi connectivity index (χ0v) is 17.1. The smallest absolute Gasteiger partial charge is 0.251 e. The normalized spacial score (nSPS) is 26.9. The molecule has 2 saturated heterocycles. The van der Waals surface area contributed by atoms with Crippen LogP contribution in [0.15, 0.2) is 48.5 Å². The van der Waals surface area contributed by atoms with Crippen molar-refractivity contribution in [1.82, 2.24) is 10.2 Å². The fraction of sp³-hybridized carbons (Fsp3) is 0.458. The second-order valence-electron chi connectivity index (χ2n) is 8.53. The highest BCUT2D eigenvalue weighted by molar-refractivity contribution is 5.95. The Bertz CT molecular complexity index is 876. The molecule has 2 aromatic rings. The fourth-order valence-electron chi connectivity index (χ4n) is 4.65. The number of amides is 1. The van der Waals surface area contributed by atoms with Gasteiger partial charge in [-0.15, -0.1) is 0 Å². The van der Waals surface area contributed by atoms with E-state index in [0.29, 0.717) is 36.9 Å². The Balaban J connectivity index is 1.14. The number of hydrogen-bond acceptors (Lipinski definition) is 5. The summed E-state index contributed by atoms with van der Waals surface area (Å²) in [6.45, 7) is 4.72. The Kier molecular flexibility index (Phi) is 5.60. The molecule has 6 heteroatoms. The van der Waals surface area contributed by atoms with Crippen molar-refractivity contribution in [2.45, 2.75) is 31.6 Å². The number of nitrogens with one attached hydrogen (secondary N) is 1. The van der Waals surface area contributed by atoms with Gasteiger partial charge in [-0.1, -0.05) is 30.3 Å². The minimum absolute atomic E-state index is 0.0396.